The number of rotatable bonds is 6. The molecule has 0 spiro atoms. The van der Waals surface area contributed by atoms with Gasteiger partial charge in [0.05, 0.1) is 14.2 Å². The van der Waals surface area contributed by atoms with Gasteiger partial charge in [0.15, 0.2) is 11.5 Å². The van der Waals surface area contributed by atoms with Crippen molar-refractivity contribution >= 4 is 12.0 Å². The van der Waals surface area contributed by atoms with Crippen molar-refractivity contribution < 1.29 is 19.4 Å². The molecule has 25 heavy (non-hydrogen) atoms. The molecule has 7 heteroatoms. The molecule has 7 nitrogen and oxygen atoms in total. The van der Waals surface area contributed by atoms with Crippen LogP contribution in [0.25, 0.3) is 6.08 Å². The van der Waals surface area contributed by atoms with Gasteiger partial charge in [-0.3, -0.25) is 9.78 Å². The van der Waals surface area contributed by atoms with E-state index < -0.39 is 5.91 Å². The maximum Gasteiger partial charge on any atom is 0.262 e. The number of phenols is 1. The maximum atomic E-state index is 12.2. The van der Waals surface area contributed by atoms with Crippen molar-refractivity contribution in [3.8, 4) is 23.3 Å². The van der Waals surface area contributed by atoms with E-state index in [4.69, 9.17) is 9.47 Å². The highest BCUT2D eigenvalue weighted by molar-refractivity contribution is 6.01. The van der Waals surface area contributed by atoms with Crippen LogP contribution in [0.4, 0.5) is 0 Å². The first-order valence-corrected chi connectivity index (χ1v) is 7.33. The summed E-state index contributed by atoms with van der Waals surface area (Å²) in [6, 6.07) is 8.42. The molecule has 0 aliphatic carbocycles. The molecule has 0 saturated carbocycles. The summed E-state index contributed by atoms with van der Waals surface area (Å²) in [6.07, 6.45) is 4.64. The van der Waals surface area contributed by atoms with Gasteiger partial charge in [-0.05, 0) is 41.5 Å². The molecule has 0 aliphatic rings. The lowest BCUT2D eigenvalue weighted by Gasteiger charge is -2.10. The molecule has 0 unspecified atom stereocenters. The van der Waals surface area contributed by atoms with Gasteiger partial charge in [-0.15, -0.1) is 0 Å². The average Bonchev–Trinajstić information content (AvgIpc) is 2.65. The first-order valence-electron chi connectivity index (χ1n) is 7.33. The van der Waals surface area contributed by atoms with E-state index in [-0.39, 0.29) is 29.4 Å². The van der Waals surface area contributed by atoms with Crippen molar-refractivity contribution in [2.24, 2.45) is 0 Å². The van der Waals surface area contributed by atoms with Gasteiger partial charge < -0.3 is 19.9 Å². The van der Waals surface area contributed by atoms with Crippen LogP contribution in [-0.2, 0) is 11.3 Å². The van der Waals surface area contributed by atoms with Crippen molar-refractivity contribution in [2.45, 2.75) is 6.54 Å². The second-order valence-electron chi connectivity index (χ2n) is 4.98. The average molecular weight is 339 g/mol. The summed E-state index contributed by atoms with van der Waals surface area (Å²) in [7, 11) is 2.79. The minimum Gasteiger partial charge on any atom is -0.502 e. The van der Waals surface area contributed by atoms with Crippen LogP contribution in [0.15, 0.2) is 42.2 Å². The van der Waals surface area contributed by atoms with Crippen LogP contribution in [0, 0.1) is 11.3 Å². The van der Waals surface area contributed by atoms with Crippen LogP contribution >= 0.6 is 0 Å². The Hall–Kier alpha value is -3.53. The number of phenolic OH excluding ortho intramolecular Hbond substituents is 1. The Labute approximate surface area is 145 Å². The van der Waals surface area contributed by atoms with Crippen LogP contribution in [0.5, 0.6) is 17.2 Å². The number of nitriles is 1. The third-order valence-corrected chi connectivity index (χ3v) is 3.38. The Morgan fingerprint density at radius 3 is 2.40 bits per heavy atom. The van der Waals surface area contributed by atoms with Gasteiger partial charge in [0, 0.05) is 18.9 Å². The summed E-state index contributed by atoms with van der Waals surface area (Å²) in [5.41, 5.74) is 1.28. The van der Waals surface area contributed by atoms with Crippen LogP contribution < -0.4 is 14.8 Å². The van der Waals surface area contributed by atoms with Crippen LogP contribution in [-0.4, -0.2) is 30.2 Å². The Kier molecular flexibility index (Phi) is 5.96. The van der Waals surface area contributed by atoms with Crippen molar-refractivity contribution in [3.05, 3.63) is 53.4 Å². The SMILES string of the molecule is COc1cc(/C=C(\C#N)C(=O)NCc2ccncc2)cc(OC)c1O. The van der Waals surface area contributed by atoms with E-state index in [1.165, 1.54) is 32.4 Å². The van der Waals surface area contributed by atoms with Crippen LogP contribution in [0.1, 0.15) is 11.1 Å². The highest BCUT2D eigenvalue weighted by Crippen LogP contribution is 2.37. The van der Waals surface area contributed by atoms with E-state index in [0.717, 1.165) is 5.56 Å². The summed E-state index contributed by atoms with van der Waals surface area (Å²) in [4.78, 5) is 16.1. The molecule has 0 fully saturated rings. The predicted octanol–water partition coefficient (Wildman–Crippen LogP) is 2.03. The molecule has 128 valence electrons. The van der Waals surface area contributed by atoms with Gasteiger partial charge in [0.1, 0.15) is 11.6 Å². The van der Waals surface area contributed by atoms with E-state index in [1.807, 2.05) is 6.07 Å². The van der Waals surface area contributed by atoms with E-state index in [9.17, 15) is 15.2 Å². The van der Waals surface area contributed by atoms with E-state index >= 15 is 0 Å². The number of hydrogen-bond donors (Lipinski definition) is 2. The standard InChI is InChI=1S/C18H17N3O4/c1-24-15-8-13(9-16(25-2)17(15)22)7-14(10-19)18(23)21-11-12-3-5-20-6-4-12/h3-9,22H,11H2,1-2H3,(H,21,23)/b14-7+. The second-order valence-corrected chi connectivity index (χ2v) is 4.98. The van der Waals surface area contributed by atoms with Gasteiger partial charge in [-0.25, -0.2) is 0 Å². The lowest BCUT2D eigenvalue weighted by Crippen LogP contribution is -2.23. The lowest BCUT2D eigenvalue weighted by atomic mass is 10.1. The Balaban J connectivity index is 2.22. The summed E-state index contributed by atoms with van der Waals surface area (Å²) in [5.74, 6) is -0.298. The molecule has 0 saturated heterocycles. The maximum absolute atomic E-state index is 12.2. The summed E-state index contributed by atoms with van der Waals surface area (Å²) in [6.45, 7) is 0.280. The number of hydrogen-bond acceptors (Lipinski definition) is 6. The molecule has 1 heterocycles. The van der Waals surface area contributed by atoms with Gasteiger partial charge in [0.25, 0.3) is 5.91 Å². The number of ether oxygens (including phenoxy) is 2. The van der Waals surface area contributed by atoms with Crippen molar-refractivity contribution in [2.75, 3.05) is 14.2 Å². The molecule has 2 N–H and O–H groups in total. The number of carbonyl (C=O) groups is 1. The molecular weight excluding hydrogens is 322 g/mol. The van der Waals surface area contributed by atoms with Crippen molar-refractivity contribution in [3.63, 3.8) is 0 Å². The monoisotopic (exact) mass is 339 g/mol. The zero-order valence-electron chi connectivity index (χ0n) is 13.8. The number of pyridine rings is 1. The first kappa shape index (κ1) is 17.8. The highest BCUT2D eigenvalue weighted by atomic mass is 16.5. The molecule has 2 rings (SSSR count). The van der Waals surface area contributed by atoms with Gasteiger partial charge in [-0.1, -0.05) is 0 Å². The number of nitrogens with zero attached hydrogens (tertiary/aromatic N) is 2. The minimum absolute atomic E-state index is 0.0798. The topological polar surface area (TPSA) is 104 Å². The number of benzene rings is 1. The lowest BCUT2D eigenvalue weighted by molar-refractivity contribution is -0.117. The fourth-order valence-corrected chi connectivity index (χ4v) is 2.09. The fourth-order valence-electron chi connectivity index (χ4n) is 2.09. The number of carbonyl (C=O) groups excluding carboxylic acids is 1. The second kappa shape index (κ2) is 8.36. The van der Waals surface area contributed by atoms with E-state index in [0.29, 0.717) is 5.56 Å². The van der Waals surface area contributed by atoms with Gasteiger partial charge in [-0.2, -0.15) is 5.26 Å². The molecule has 1 aromatic carbocycles. The number of aromatic hydroxyl groups is 1. The molecule has 1 aromatic heterocycles. The Bertz CT molecular complexity index is 801. The van der Waals surface area contributed by atoms with Crippen LogP contribution in [0.2, 0.25) is 0 Å². The van der Waals surface area contributed by atoms with Crippen molar-refractivity contribution in [1.82, 2.24) is 10.3 Å². The first-order chi connectivity index (χ1) is 12.1. The zero-order valence-corrected chi connectivity index (χ0v) is 13.8. The smallest absolute Gasteiger partial charge is 0.262 e. The Morgan fingerprint density at radius 2 is 1.88 bits per heavy atom. The summed E-state index contributed by atoms with van der Waals surface area (Å²) in [5, 5.41) is 21.8. The molecule has 0 radical (unpaired) electrons. The normalized spacial score (nSPS) is 10.7. The third kappa shape index (κ3) is 4.48. The molecule has 0 aliphatic heterocycles. The minimum atomic E-state index is -0.509. The number of aromatic nitrogens is 1. The molecule has 1 amide bonds. The number of amides is 1. The molecule has 0 bridgehead atoms. The number of nitrogens with one attached hydrogen (secondary N) is 1. The largest absolute Gasteiger partial charge is 0.502 e. The zero-order chi connectivity index (χ0) is 18.2. The highest BCUT2D eigenvalue weighted by Gasteiger charge is 2.13. The van der Waals surface area contributed by atoms with E-state index in [1.54, 1.807) is 24.5 Å². The Morgan fingerprint density at radius 1 is 1.28 bits per heavy atom. The summed E-state index contributed by atoms with van der Waals surface area (Å²) < 4.78 is 10.1. The van der Waals surface area contributed by atoms with Gasteiger partial charge in [0.2, 0.25) is 5.75 Å². The molecule has 0 atom stereocenters. The van der Waals surface area contributed by atoms with Crippen molar-refractivity contribution in [1.29, 1.82) is 5.26 Å². The predicted molar refractivity (Wildman–Crippen MR) is 90.9 cm³/mol. The number of methoxy groups -OCH3 is 2. The third-order valence-electron chi connectivity index (χ3n) is 3.38. The molecular formula is C18H17N3O4. The van der Waals surface area contributed by atoms with Gasteiger partial charge >= 0.3 is 0 Å². The summed E-state index contributed by atoms with van der Waals surface area (Å²) >= 11 is 0. The molecule has 2 aromatic rings. The fraction of sp³-hybridized carbons (Fsp3) is 0.167. The quantitative estimate of drug-likeness (QED) is 0.616. The van der Waals surface area contributed by atoms with Crippen LogP contribution in [0.3, 0.4) is 0 Å². The van der Waals surface area contributed by atoms with E-state index in [2.05, 4.69) is 10.3 Å².